The number of hydrogen-bond donors (Lipinski definition) is 0. The summed E-state index contributed by atoms with van der Waals surface area (Å²) in [6.45, 7) is 28.1. The van der Waals surface area contributed by atoms with Crippen molar-refractivity contribution in [1.82, 2.24) is 0 Å². The summed E-state index contributed by atoms with van der Waals surface area (Å²) in [5.41, 5.74) is 20.3. The summed E-state index contributed by atoms with van der Waals surface area (Å²) in [5, 5.41) is 0. The lowest BCUT2D eigenvalue weighted by atomic mass is 9.33. The molecule has 6 aromatic rings. The highest BCUT2D eigenvalue weighted by Gasteiger charge is 2.49. The van der Waals surface area contributed by atoms with Crippen LogP contribution in [0.5, 0.6) is 11.5 Å². The summed E-state index contributed by atoms with van der Waals surface area (Å²) >= 11 is 0. The van der Waals surface area contributed by atoms with E-state index in [0.717, 1.165) is 22.6 Å². The number of aryl methyl sites for hydroxylation is 2. The maximum Gasteiger partial charge on any atom is 0.256 e. The van der Waals surface area contributed by atoms with Gasteiger partial charge in [0, 0.05) is 34.0 Å². The van der Waals surface area contributed by atoms with Crippen LogP contribution in [-0.2, 0) is 28.7 Å². The molecule has 0 aliphatic carbocycles. The van der Waals surface area contributed by atoms with Crippen LogP contribution in [0.2, 0.25) is 0 Å². The van der Waals surface area contributed by atoms with Crippen molar-refractivity contribution in [2.24, 2.45) is 7.05 Å². The van der Waals surface area contributed by atoms with E-state index >= 15 is 0 Å². The smallest absolute Gasteiger partial charge is 0.256 e. The molecule has 0 amide bonds. The summed E-state index contributed by atoms with van der Waals surface area (Å²) in [4.78, 5) is 2.60. The summed E-state index contributed by atoms with van der Waals surface area (Å²) in [6.07, 6.45) is 2.28. The van der Waals surface area contributed by atoms with Gasteiger partial charge in [0.2, 0.25) is 5.69 Å². The Morgan fingerprint density at radius 1 is 0.607 bits per heavy atom. The first-order chi connectivity index (χ1) is 26.2. The van der Waals surface area contributed by atoms with Crippen molar-refractivity contribution >= 4 is 40.2 Å². The molecule has 0 N–H and O–H groups in total. The van der Waals surface area contributed by atoms with Gasteiger partial charge in [-0.25, -0.2) is 4.57 Å². The van der Waals surface area contributed by atoms with Gasteiger partial charge in [0.1, 0.15) is 18.5 Å². The van der Waals surface area contributed by atoms with Crippen LogP contribution in [-0.4, -0.2) is 6.71 Å². The van der Waals surface area contributed by atoms with Crippen LogP contribution < -0.4 is 30.6 Å². The average molecular weight is 736 g/mol. The number of fused-ring (bicyclic) bond motifs is 6. The Bertz CT molecular complexity index is 2630. The Kier molecular flexibility index (Phi) is 7.81. The van der Waals surface area contributed by atoms with Crippen LogP contribution in [0.3, 0.4) is 0 Å². The minimum Gasteiger partial charge on any atom is -0.458 e. The van der Waals surface area contributed by atoms with Crippen molar-refractivity contribution in [2.75, 3.05) is 4.90 Å². The molecule has 282 valence electrons. The molecule has 0 fully saturated rings. The van der Waals surface area contributed by atoms with Crippen molar-refractivity contribution < 1.29 is 9.30 Å². The zero-order valence-electron chi connectivity index (χ0n) is 35.7. The Labute approximate surface area is 335 Å². The van der Waals surface area contributed by atoms with Gasteiger partial charge in [0.15, 0.2) is 6.20 Å². The second kappa shape index (κ2) is 12.0. The summed E-state index contributed by atoms with van der Waals surface area (Å²) in [7, 11) is 2.16. The largest absolute Gasteiger partial charge is 0.458 e. The number of anilines is 3. The molecule has 0 saturated heterocycles. The zero-order chi connectivity index (χ0) is 39.9. The van der Waals surface area contributed by atoms with E-state index < -0.39 is 0 Å². The minimum atomic E-state index is -0.225. The Balaban J connectivity index is 1.36. The van der Waals surface area contributed by atoms with E-state index in [9.17, 15) is 0 Å². The molecule has 0 radical (unpaired) electrons. The predicted molar refractivity (Wildman–Crippen MR) is 237 cm³/mol. The number of pyridine rings is 1. The van der Waals surface area contributed by atoms with Crippen molar-refractivity contribution in [3.63, 3.8) is 0 Å². The van der Waals surface area contributed by atoms with Gasteiger partial charge in [-0.2, -0.15) is 0 Å². The van der Waals surface area contributed by atoms with E-state index in [1.807, 2.05) is 0 Å². The van der Waals surface area contributed by atoms with E-state index in [2.05, 4.69) is 203 Å². The molecule has 0 unspecified atom stereocenters. The second-order valence-corrected chi connectivity index (χ2v) is 20.3. The van der Waals surface area contributed by atoms with Crippen LogP contribution >= 0.6 is 0 Å². The number of hydrogen-bond acceptors (Lipinski definition) is 2. The standard InChI is InChI=1S/C52H56BN2O/c1-31-16-14-15-17-37(31)42-21-18-32(30-54(42)13)33-24-44-47-46(25-33)56-45-23-20-35(50(5,6)7)28-40(45)53(47)41-29-36(51(8,9)10)27-39-48(41)55(44)43-22-19-34(49(2,3)4)26-38(43)52(39,11)12/h14-30H,1-13H3/q+1. The molecule has 4 heteroatoms. The van der Waals surface area contributed by atoms with Gasteiger partial charge in [-0.1, -0.05) is 131 Å². The third-order valence-electron chi connectivity index (χ3n) is 12.9. The normalized spacial score (nSPS) is 15.1. The van der Waals surface area contributed by atoms with Gasteiger partial charge < -0.3 is 9.64 Å². The fourth-order valence-corrected chi connectivity index (χ4v) is 9.44. The van der Waals surface area contributed by atoms with Gasteiger partial charge in [-0.15, -0.1) is 0 Å². The van der Waals surface area contributed by atoms with Crippen LogP contribution in [0.25, 0.3) is 22.4 Å². The highest BCUT2D eigenvalue weighted by Crippen LogP contribution is 2.55. The fraction of sp³-hybridized carbons (Fsp3) is 0.327. The van der Waals surface area contributed by atoms with Crippen LogP contribution in [0, 0.1) is 6.92 Å². The molecule has 3 aliphatic rings. The fourth-order valence-electron chi connectivity index (χ4n) is 9.44. The van der Waals surface area contributed by atoms with Gasteiger partial charge in [-0.3, -0.25) is 0 Å². The van der Waals surface area contributed by atoms with E-state index in [4.69, 9.17) is 4.74 Å². The van der Waals surface area contributed by atoms with Gasteiger partial charge >= 0.3 is 0 Å². The van der Waals surface area contributed by atoms with E-state index in [1.165, 1.54) is 78.1 Å². The first kappa shape index (κ1) is 36.5. The molecule has 56 heavy (non-hydrogen) atoms. The molecule has 0 atom stereocenters. The SMILES string of the molecule is Cc1ccccc1-c1ccc(-c2cc3c4c(c2)N2c5ccc(C(C)(C)C)cc5C(C)(C)c5cc(C(C)(C)C)cc(c52)B4c2cc(C(C)(C)C)ccc2O3)c[n+]1C. The number of benzene rings is 5. The van der Waals surface area contributed by atoms with Crippen molar-refractivity contribution in [2.45, 2.75) is 105 Å². The van der Waals surface area contributed by atoms with Crippen molar-refractivity contribution in [1.29, 1.82) is 0 Å². The summed E-state index contributed by atoms with van der Waals surface area (Å²) < 4.78 is 9.37. The number of rotatable bonds is 2. The second-order valence-electron chi connectivity index (χ2n) is 20.3. The third kappa shape index (κ3) is 5.50. The van der Waals surface area contributed by atoms with E-state index in [1.54, 1.807) is 0 Å². The van der Waals surface area contributed by atoms with E-state index in [0.29, 0.717) is 0 Å². The van der Waals surface area contributed by atoms with E-state index in [-0.39, 0.29) is 28.4 Å². The predicted octanol–water partition coefficient (Wildman–Crippen LogP) is 11.1. The first-order valence-corrected chi connectivity index (χ1v) is 20.4. The molecule has 0 bridgehead atoms. The average Bonchev–Trinajstić information content (AvgIpc) is 3.12. The van der Waals surface area contributed by atoms with Crippen LogP contribution in [0.15, 0.2) is 103 Å². The van der Waals surface area contributed by atoms with Crippen molar-refractivity contribution in [3.8, 4) is 33.9 Å². The minimum absolute atomic E-state index is 0.00105. The lowest BCUT2D eigenvalue weighted by Crippen LogP contribution is -2.61. The Morgan fingerprint density at radius 2 is 1.25 bits per heavy atom. The maximum atomic E-state index is 7.11. The number of aromatic nitrogens is 1. The summed E-state index contributed by atoms with van der Waals surface area (Å²) in [6, 6.07) is 37.2. The van der Waals surface area contributed by atoms with Gasteiger partial charge in [-0.05, 0) is 115 Å². The maximum absolute atomic E-state index is 7.11. The van der Waals surface area contributed by atoms with Gasteiger partial charge in [0.25, 0.3) is 6.71 Å². The third-order valence-corrected chi connectivity index (χ3v) is 12.9. The number of ether oxygens (including phenoxy) is 1. The molecule has 3 aliphatic heterocycles. The van der Waals surface area contributed by atoms with Crippen LogP contribution in [0.4, 0.5) is 17.1 Å². The highest BCUT2D eigenvalue weighted by molar-refractivity contribution is 6.99. The quantitative estimate of drug-likeness (QED) is 0.130. The molecular formula is C52H56BN2O+. The lowest BCUT2D eigenvalue weighted by Gasteiger charge is -2.49. The lowest BCUT2D eigenvalue weighted by molar-refractivity contribution is -0.659. The summed E-state index contributed by atoms with van der Waals surface area (Å²) in [5.74, 6) is 1.89. The zero-order valence-corrected chi connectivity index (χ0v) is 35.7. The Morgan fingerprint density at radius 3 is 1.93 bits per heavy atom. The molecule has 0 saturated carbocycles. The highest BCUT2D eigenvalue weighted by atomic mass is 16.5. The van der Waals surface area contributed by atoms with Gasteiger partial charge in [0.05, 0.1) is 5.69 Å². The van der Waals surface area contributed by atoms with Crippen LogP contribution in [0.1, 0.15) is 110 Å². The molecule has 9 rings (SSSR count). The number of nitrogens with zero attached hydrogens (tertiary/aromatic N) is 2. The first-order valence-electron chi connectivity index (χ1n) is 20.4. The molecule has 4 heterocycles. The Hall–Kier alpha value is -5.09. The monoisotopic (exact) mass is 735 g/mol. The molecule has 1 aromatic heterocycles. The molecule has 5 aromatic carbocycles. The molecule has 3 nitrogen and oxygen atoms in total. The topological polar surface area (TPSA) is 16.4 Å². The van der Waals surface area contributed by atoms with Crippen molar-refractivity contribution in [3.05, 3.63) is 137 Å². The molecular weight excluding hydrogens is 679 g/mol. The molecule has 0 spiro atoms.